The molecular formula is C9H16N2O2. The molecule has 2 atom stereocenters. The van der Waals surface area contributed by atoms with Crippen LogP contribution in [-0.4, -0.2) is 42.6 Å². The normalized spacial score (nSPS) is 35.4. The molecule has 2 aliphatic heterocycles. The molecule has 0 aromatic carbocycles. The number of hydrogen-bond donors (Lipinski definition) is 1. The molecule has 2 rings (SSSR count). The number of nitrogens with two attached hydrogens (primary N) is 1. The Hall–Kier alpha value is -0.610. The molecule has 0 saturated carbocycles. The summed E-state index contributed by atoms with van der Waals surface area (Å²) in [5.41, 5.74) is 5.27. The van der Waals surface area contributed by atoms with Gasteiger partial charge in [0, 0.05) is 19.2 Å². The van der Waals surface area contributed by atoms with E-state index in [1.54, 1.807) is 0 Å². The van der Waals surface area contributed by atoms with Gasteiger partial charge in [-0.05, 0) is 19.3 Å². The van der Waals surface area contributed by atoms with E-state index >= 15 is 0 Å². The highest BCUT2D eigenvalue weighted by molar-refractivity contribution is 5.80. The first-order valence-electron chi connectivity index (χ1n) is 4.92. The first-order chi connectivity index (χ1) is 6.29. The summed E-state index contributed by atoms with van der Waals surface area (Å²) in [6.45, 7) is 2.64. The molecule has 0 aromatic rings. The largest absolute Gasteiger partial charge is 0.380 e. The van der Waals surface area contributed by atoms with Crippen molar-refractivity contribution >= 4 is 5.91 Å². The van der Waals surface area contributed by atoms with Crippen molar-refractivity contribution in [3.8, 4) is 0 Å². The lowest BCUT2D eigenvalue weighted by Crippen LogP contribution is -2.60. The minimum atomic E-state index is -0.183. The van der Waals surface area contributed by atoms with E-state index in [0.29, 0.717) is 6.04 Å². The predicted molar refractivity (Wildman–Crippen MR) is 48.1 cm³/mol. The van der Waals surface area contributed by atoms with Crippen molar-refractivity contribution in [1.82, 2.24) is 4.90 Å². The average molecular weight is 184 g/mol. The number of carbonyl (C=O) groups is 1. The lowest BCUT2D eigenvalue weighted by atomic mass is 9.96. The zero-order valence-corrected chi connectivity index (χ0v) is 7.74. The highest BCUT2D eigenvalue weighted by Crippen LogP contribution is 2.24. The molecule has 0 aromatic heterocycles. The Balaban J connectivity index is 1.89. The summed E-state index contributed by atoms with van der Waals surface area (Å²) in [5.74, 6) is -0.183. The second kappa shape index (κ2) is 3.64. The molecule has 0 radical (unpaired) electrons. The Labute approximate surface area is 78.0 Å². The van der Waals surface area contributed by atoms with E-state index in [0.717, 1.165) is 39.0 Å². The summed E-state index contributed by atoms with van der Waals surface area (Å²) >= 11 is 0. The van der Waals surface area contributed by atoms with Gasteiger partial charge in [0.2, 0.25) is 5.91 Å². The molecule has 2 heterocycles. The minimum Gasteiger partial charge on any atom is -0.380 e. The van der Waals surface area contributed by atoms with Crippen molar-refractivity contribution in [2.45, 2.75) is 31.3 Å². The van der Waals surface area contributed by atoms with E-state index in [2.05, 4.69) is 4.90 Å². The van der Waals surface area contributed by atoms with E-state index in [4.69, 9.17) is 10.5 Å². The SMILES string of the molecule is NC(=O)C1CCN1[C@@H]1CCCOC1. The van der Waals surface area contributed by atoms with Crippen LogP contribution in [0.25, 0.3) is 0 Å². The number of hydrogen-bond acceptors (Lipinski definition) is 3. The summed E-state index contributed by atoms with van der Waals surface area (Å²) in [5, 5.41) is 0. The number of rotatable bonds is 2. The summed E-state index contributed by atoms with van der Waals surface area (Å²) in [6, 6.07) is 0.409. The summed E-state index contributed by atoms with van der Waals surface area (Å²) < 4.78 is 5.37. The lowest BCUT2D eigenvalue weighted by molar-refractivity contribution is -0.132. The molecule has 2 saturated heterocycles. The van der Waals surface area contributed by atoms with Gasteiger partial charge in [-0.1, -0.05) is 0 Å². The van der Waals surface area contributed by atoms with Gasteiger partial charge in [-0.25, -0.2) is 0 Å². The van der Waals surface area contributed by atoms with Crippen LogP contribution < -0.4 is 5.73 Å². The van der Waals surface area contributed by atoms with Gasteiger partial charge in [-0.3, -0.25) is 9.69 Å². The highest BCUT2D eigenvalue weighted by atomic mass is 16.5. The van der Waals surface area contributed by atoms with Crippen LogP contribution in [0.15, 0.2) is 0 Å². The maximum absolute atomic E-state index is 11.0. The van der Waals surface area contributed by atoms with Crippen molar-refractivity contribution in [3.05, 3.63) is 0 Å². The molecule has 0 bridgehead atoms. The fraction of sp³-hybridized carbons (Fsp3) is 0.889. The highest BCUT2D eigenvalue weighted by Gasteiger charge is 2.37. The van der Waals surface area contributed by atoms with E-state index in [1.807, 2.05) is 0 Å². The molecule has 74 valence electrons. The Bertz CT molecular complexity index is 202. The van der Waals surface area contributed by atoms with Crippen LogP contribution in [0.4, 0.5) is 0 Å². The van der Waals surface area contributed by atoms with Crippen molar-refractivity contribution in [2.75, 3.05) is 19.8 Å². The quantitative estimate of drug-likeness (QED) is 0.642. The number of nitrogens with zero attached hydrogens (tertiary/aromatic N) is 1. The maximum atomic E-state index is 11.0. The number of primary amides is 1. The van der Waals surface area contributed by atoms with Crippen molar-refractivity contribution in [3.63, 3.8) is 0 Å². The van der Waals surface area contributed by atoms with E-state index in [9.17, 15) is 4.79 Å². The Kier molecular flexibility index (Phi) is 2.51. The molecule has 0 aliphatic carbocycles. The number of likely N-dealkylation sites (tertiary alicyclic amines) is 1. The van der Waals surface area contributed by atoms with Crippen LogP contribution in [0.3, 0.4) is 0 Å². The van der Waals surface area contributed by atoms with Gasteiger partial charge in [0.05, 0.1) is 12.6 Å². The molecule has 4 nitrogen and oxygen atoms in total. The van der Waals surface area contributed by atoms with Gasteiger partial charge in [-0.2, -0.15) is 0 Å². The third-order valence-electron chi connectivity index (χ3n) is 2.99. The number of ether oxygens (including phenoxy) is 1. The molecule has 1 unspecified atom stereocenters. The van der Waals surface area contributed by atoms with Crippen LogP contribution in [0.2, 0.25) is 0 Å². The van der Waals surface area contributed by atoms with Gasteiger partial charge in [0.15, 0.2) is 0 Å². The van der Waals surface area contributed by atoms with Crippen LogP contribution >= 0.6 is 0 Å². The van der Waals surface area contributed by atoms with Gasteiger partial charge < -0.3 is 10.5 Å². The zero-order valence-electron chi connectivity index (χ0n) is 7.74. The Morgan fingerprint density at radius 3 is 2.77 bits per heavy atom. The first kappa shape index (κ1) is 8.97. The molecule has 13 heavy (non-hydrogen) atoms. The van der Waals surface area contributed by atoms with Crippen molar-refractivity contribution in [2.24, 2.45) is 5.73 Å². The predicted octanol–water partition coefficient (Wildman–Crippen LogP) is -0.275. The topological polar surface area (TPSA) is 55.6 Å². The fourth-order valence-electron chi connectivity index (χ4n) is 2.14. The van der Waals surface area contributed by atoms with Gasteiger partial charge >= 0.3 is 0 Å². The molecule has 2 aliphatic rings. The standard InChI is InChI=1S/C9H16N2O2/c10-9(12)8-3-4-11(8)7-2-1-5-13-6-7/h7-8H,1-6H2,(H2,10,12)/t7-,8?/m1/s1. The summed E-state index contributed by atoms with van der Waals surface area (Å²) in [4.78, 5) is 13.2. The van der Waals surface area contributed by atoms with Gasteiger partial charge in [-0.15, -0.1) is 0 Å². The fourth-order valence-corrected chi connectivity index (χ4v) is 2.14. The Morgan fingerprint density at radius 1 is 1.46 bits per heavy atom. The van der Waals surface area contributed by atoms with E-state index < -0.39 is 0 Å². The van der Waals surface area contributed by atoms with Gasteiger partial charge in [0.25, 0.3) is 0 Å². The molecule has 0 spiro atoms. The number of carbonyl (C=O) groups excluding carboxylic acids is 1. The average Bonchev–Trinajstić information content (AvgIpc) is 2.02. The summed E-state index contributed by atoms with van der Waals surface area (Å²) in [7, 11) is 0. The third-order valence-corrected chi connectivity index (χ3v) is 2.99. The molecule has 4 heteroatoms. The molecule has 2 N–H and O–H groups in total. The number of amides is 1. The maximum Gasteiger partial charge on any atom is 0.234 e. The molecular weight excluding hydrogens is 168 g/mol. The smallest absolute Gasteiger partial charge is 0.234 e. The second-order valence-electron chi connectivity index (χ2n) is 3.82. The minimum absolute atomic E-state index is 0.0216. The Morgan fingerprint density at radius 2 is 2.31 bits per heavy atom. The van der Waals surface area contributed by atoms with Crippen molar-refractivity contribution in [1.29, 1.82) is 0 Å². The second-order valence-corrected chi connectivity index (χ2v) is 3.82. The molecule has 1 amide bonds. The third kappa shape index (κ3) is 1.69. The zero-order chi connectivity index (χ0) is 9.26. The molecule has 2 fully saturated rings. The van der Waals surface area contributed by atoms with Crippen molar-refractivity contribution < 1.29 is 9.53 Å². The van der Waals surface area contributed by atoms with Crippen LogP contribution in [0.5, 0.6) is 0 Å². The van der Waals surface area contributed by atoms with E-state index in [-0.39, 0.29) is 11.9 Å². The monoisotopic (exact) mass is 184 g/mol. The summed E-state index contributed by atoms with van der Waals surface area (Å²) in [6.07, 6.45) is 3.17. The van der Waals surface area contributed by atoms with Gasteiger partial charge in [0.1, 0.15) is 0 Å². The van der Waals surface area contributed by atoms with Crippen LogP contribution in [0, 0.1) is 0 Å². The van der Waals surface area contributed by atoms with E-state index in [1.165, 1.54) is 0 Å². The lowest BCUT2D eigenvalue weighted by Gasteiger charge is -2.45. The van der Waals surface area contributed by atoms with Crippen LogP contribution in [-0.2, 0) is 9.53 Å². The first-order valence-corrected chi connectivity index (χ1v) is 4.92. The van der Waals surface area contributed by atoms with Crippen LogP contribution in [0.1, 0.15) is 19.3 Å².